The molecule has 0 radical (unpaired) electrons. The Balaban J connectivity index is 1.68. The third-order valence-electron chi connectivity index (χ3n) is 4.93. The Labute approximate surface area is 192 Å². The van der Waals surface area contributed by atoms with Crippen LogP contribution in [0.1, 0.15) is 25.3 Å². The molecule has 1 fully saturated rings. The van der Waals surface area contributed by atoms with Crippen LogP contribution in [0.4, 0.5) is 5.69 Å². The number of hydrogen-bond donors (Lipinski definition) is 1. The molecule has 0 bridgehead atoms. The van der Waals surface area contributed by atoms with Gasteiger partial charge in [-0.1, -0.05) is 48.3 Å². The monoisotopic (exact) mass is 486 g/mol. The fourth-order valence-electron chi connectivity index (χ4n) is 3.43. The summed E-state index contributed by atoms with van der Waals surface area (Å²) < 4.78 is 27.3. The van der Waals surface area contributed by atoms with Crippen molar-refractivity contribution in [1.29, 1.82) is 0 Å². The van der Waals surface area contributed by atoms with Crippen LogP contribution in [0, 0.1) is 5.92 Å². The Morgan fingerprint density at radius 3 is 2.70 bits per heavy atom. The van der Waals surface area contributed by atoms with Gasteiger partial charge in [0.05, 0.1) is 27.4 Å². The van der Waals surface area contributed by atoms with Gasteiger partial charge in [-0.2, -0.15) is 0 Å². The third kappa shape index (κ3) is 5.92. The van der Waals surface area contributed by atoms with Crippen LogP contribution < -0.4 is 5.32 Å². The number of piperidine rings is 1. The maximum absolute atomic E-state index is 12.9. The smallest absolute Gasteiger partial charge is 0.228 e. The minimum absolute atomic E-state index is 0.145. The Kier molecular flexibility index (Phi) is 8.10. The predicted octanol–water partition coefficient (Wildman–Crippen LogP) is 5.29. The van der Waals surface area contributed by atoms with Crippen molar-refractivity contribution in [3.05, 3.63) is 58.1 Å². The van der Waals surface area contributed by atoms with E-state index in [-0.39, 0.29) is 24.1 Å². The van der Waals surface area contributed by atoms with Crippen molar-refractivity contribution < 1.29 is 13.2 Å². The zero-order valence-electron chi connectivity index (χ0n) is 16.6. The summed E-state index contributed by atoms with van der Waals surface area (Å²) in [5.74, 6) is 0.196. The van der Waals surface area contributed by atoms with E-state index in [1.807, 2.05) is 24.3 Å². The number of carbonyl (C=O) groups is 1. The molecular weight excluding hydrogens is 463 g/mol. The van der Waals surface area contributed by atoms with Crippen LogP contribution in [0.5, 0.6) is 0 Å². The fourth-order valence-corrected chi connectivity index (χ4v) is 6.11. The molecule has 1 aliphatic rings. The molecule has 1 atom stereocenters. The molecule has 3 rings (SSSR count). The van der Waals surface area contributed by atoms with Gasteiger partial charge in [0.2, 0.25) is 15.9 Å². The molecule has 5 nitrogen and oxygen atoms in total. The molecule has 0 aromatic heterocycles. The standard InChI is InChI=1S/C21H24Cl2N2O3S2/c1-2-29-20-8-4-3-7-19(20)24-21(26)16-6-5-11-25(13-16)30(27,28)14-15-9-10-17(22)18(23)12-15/h3-4,7-10,12,16H,2,5-6,11,13-14H2,1H3,(H,24,26)/t16-/m1/s1. The maximum Gasteiger partial charge on any atom is 0.228 e. The summed E-state index contributed by atoms with van der Waals surface area (Å²) in [6, 6.07) is 12.5. The van der Waals surface area contributed by atoms with E-state index >= 15 is 0 Å². The second-order valence-corrected chi connectivity index (χ2v) is 11.2. The van der Waals surface area contributed by atoms with Crippen molar-refractivity contribution in [2.24, 2.45) is 5.92 Å². The Bertz CT molecular complexity index is 1020. The van der Waals surface area contributed by atoms with E-state index in [2.05, 4.69) is 12.2 Å². The highest BCUT2D eigenvalue weighted by atomic mass is 35.5. The topological polar surface area (TPSA) is 66.5 Å². The number of sulfonamides is 1. The summed E-state index contributed by atoms with van der Waals surface area (Å²) >= 11 is 13.6. The summed E-state index contributed by atoms with van der Waals surface area (Å²) in [5.41, 5.74) is 1.34. The van der Waals surface area contributed by atoms with Crippen LogP contribution in [-0.2, 0) is 20.6 Å². The number of amides is 1. The zero-order chi connectivity index (χ0) is 21.7. The van der Waals surface area contributed by atoms with Gasteiger partial charge in [0, 0.05) is 18.0 Å². The first-order valence-electron chi connectivity index (χ1n) is 9.74. The van der Waals surface area contributed by atoms with Crippen LogP contribution >= 0.6 is 35.0 Å². The molecule has 1 amide bonds. The van der Waals surface area contributed by atoms with Gasteiger partial charge < -0.3 is 5.32 Å². The molecule has 0 aliphatic carbocycles. The number of anilines is 1. The number of para-hydroxylation sites is 1. The maximum atomic E-state index is 12.9. The predicted molar refractivity (Wildman–Crippen MR) is 125 cm³/mol. The van der Waals surface area contributed by atoms with Crippen molar-refractivity contribution in [1.82, 2.24) is 4.31 Å². The van der Waals surface area contributed by atoms with Gasteiger partial charge in [0.25, 0.3) is 0 Å². The van der Waals surface area contributed by atoms with Crippen molar-refractivity contribution in [3.8, 4) is 0 Å². The molecule has 0 saturated carbocycles. The molecule has 1 aliphatic heterocycles. The van der Waals surface area contributed by atoms with Crippen LogP contribution in [-0.4, -0.2) is 37.5 Å². The summed E-state index contributed by atoms with van der Waals surface area (Å²) in [5, 5.41) is 3.69. The molecule has 1 N–H and O–H groups in total. The highest BCUT2D eigenvalue weighted by Gasteiger charge is 2.32. The lowest BCUT2D eigenvalue weighted by Gasteiger charge is -2.31. The lowest BCUT2D eigenvalue weighted by Crippen LogP contribution is -2.44. The second-order valence-electron chi connectivity index (χ2n) is 7.12. The molecule has 1 saturated heterocycles. The normalized spacial score (nSPS) is 17.6. The van der Waals surface area contributed by atoms with E-state index in [1.165, 1.54) is 4.31 Å². The lowest BCUT2D eigenvalue weighted by atomic mass is 9.99. The van der Waals surface area contributed by atoms with Crippen molar-refractivity contribution in [3.63, 3.8) is 0 Å². The summed E-state index contributed by atoms with van der Waals surface area (Å²) in [6.45, 7) is 2.65. The van der Waals surface area contributed by atoms with Crippen molar-refractivity contribution in [2.75, 3.05) is 24.2 Å². The SMILES string of the molecule is CCSc1ccccc1NC(=O)[C@@H]1CCCN(S(=O)(=O)Cc2ccc(Cl)c(Cl)c2)C1. The quantitative estimate of drug-likeness (QED) is 0.540. The largest absolute Gasteiger partial charge is 0.325 e. The first kappa shape index (κ1) is 23.4. The Morgan fingerprint density at radius 1 is 1.20 bits per heavy atom. The Morgan fingerprint density at radius 2 is 1.97 bits per heavy atom. The van der Waals surface area contributed by atoms with Gasteiger partial charge in [0.1, 0.15) is 0 Å². The van der Waals surface area contributed by atoms with E-state index in [9.17, 15) is 13.2 Å². The van der Waals surface area contributed by atoms with Gasteiger partial charge in [0.15, 0.2) is 0 Å². The number of hydrogen-bond acceptors (Lipinski definition) is 4. The molecule has 2 aromatic carbocycles. The second kappa shape index (κ2) is 10.4. The van der Waals surface area contributed by atoms with Gasteiger partial charge in [-0.3, -0.25) is 4.79 Å². The van der Waals surface area contributed by atoms with Gasteiger partial charge in [-0.25, -0.2) is 12.7 Å². The first-order chi connectivity index (χ1) is 14.3. The molecule has 162 valence electrons. The average Bonchev–Trinajstić information content (AvgIpc) is 2.72. The van der Waals surface area contributed by atoms with E-state index in [4.69, 9.17) is 23.2 Å². The van der Waals surface area contributed by atoms with E-state index in [0.29, 0.717) is 35.0 Å². The summed E-state index contributed by atoms with van der Waals surface area (Å²) in [6.07, 6.45) is 1.30. The van der Waals surface area contributed by atoms with Gasteiger partial charge in [-0.05, 0) is 48.4 Å². The molecule has 0 unspecified atom stereocenters. The van der Waals surface area contributed by atoms with Crippen LogP contribution in [0.25, 0.3) is 0 Å². The summed E-state index contributed by atoms with van der Waals surface area (Å²) in [4.78, 5) is 13.9. The fraction of sp³-hybridized carbons (Fsp3) is 0.381. The molecule has 1 heterocycles. The van der Waals surface area contributed by atoms with Crippen LogP contribution in [0.3, 0.4) is 0 Å². The molecule has 30 heavy (non-hydrogen) atoms. The number of nitrogens with one attached hydrogen (secondary N) is 1. The molecule has 9 heteroatoms. The average molecular weight is 487 g/mol. The zero-order valence-corrected chi connectivity index (χ0v) is 19.8. The van der Waals surface area contributed by atoms with E-state index < -0.39 is 10.0 Å². The van der Waals surface area contributed by atoms with Crippen LogP contribution in [0.2, 0.25) is 10.0 Å². The molecule has 0 spiro atoms. The number of carbonyl (C=O) groups excluding carboxylic acids is 1. The highest BCUT2D eigenvalue weighted by molar-refractivity contribution is 7.99. The number of nitrogens with zero attached hydrogens (tertiary/aromatic N) is 1. The molecule has 2 aromatic rings. The highest BCUT2D eigenvalue weighted by Crippen LogP contribution is 2.29. The number of benzene rings is 2. The minimum atomic E-state index is -3.57. The lowest BCUT2D eigenvalue weighted by molar-refractivity contribution is -0.120. The minimum Gasteiger partial charge on any atom is -0.325 e. The van der Waals surface area contributed by atoms with E-state index in [0.717, 1.165) is 16.3 Å². The number of thioether (sulfide) groups is 1. The van der Waals surface area contributed by atoms with Crippen molar-refractivity contribution in [2.45, 2.75) is 30.4 Å². The molecular formula is C21H24Cl2N2O3S2. The van der Waals surface area contributed by atoms with Gasteiger partial charge in [-0.15, -0.1) is 11.8 Å². The third-order valence-corrected chi connectivity index (χ3v) is 8.44. The first-order valence-corrected chi connectivity index (χ1v) is 13.1. The van der Waals surface area contributed by atoms with Crippen LogP contribution in [0.15, 0.2) is 47.4 Å². The van der Waals surface area contributed by atoms with E-state index in [1.54, 1.807) is 30.0 Å². The number of halogens is 2. The number of rotatable bonds is 7. The van der Waals surface area contributed by atoms with Gasteiger partial charge >= 0.3 is 0 Å². The Hall–Kier alpha value is -1.25. The summed E-state index contributed by atoms with van der Waals surface area (Å²) in [7, 11) is -3.57. The van der Waals surface area contributed by atoms with Crippen molar-refractivity contribution >= 4 is 56.6 Å².